The summed E-state index contributed by atoms with van der Waals surface area (Å²) in [6, 6.07) is 4.46. The van der Waals surface area contributed by atoms with Crippen LogP contribution in [0.4, 0.5) is 11.4 Å². The van der Waals surface area contributed by atoms with Crippen molar-refractivity contribution in [3.63, 3.8) is 0 Å². The molecule has 2 rings (SSSR count). The highest BCUT2D eigenvalue weighted by molar-refractivity contribution is 6.00. The number of nitrogens with one attached hydrogen (secondary N) is 1. The maximum atomic E-state index is 12.5. The lowest BCUT2D eigenvalue weighted by molar-refractivity contribution is -0.384. The van der Waals surface area contributed by atoms with Crippen LogP contribution in [0.3, 0.4) is 0 Å². The van der Waals surface area contributed by atoms with Crippen LogP contribution in [0.15, 0.2) is 18.2 Å². The van der Waals surface area contributed by atoms with E-state index in [4.69, 9.17) is 0 Å². The van der Waals surface area contributed by atoms with Crippen LogP contribution >= 0.6 is 0 Å². The Kier molecular flexibility index (Phi) is 3.92. The average Bonchev–Trinajstić information content (AvgIpc) is 3.28. The zero-order valence-electron chi connectivity index (χ0n) is 11.9. The third-order valence-corrected chi connectivity index (χ3v) is 3.95. The van der Waals surface area contributed by atoms with E-state index in [1.807, 2.05) is 6.92 Å². The van der Waals surface area contributed by atoms with Gasteiger partial charge in [-0.05, 0) is 31.7 Å². The minimum atomic E-state index is -0.486. The molecule has 1 aromatic carbocycles. The molecule has 0 saturated heterocycles. The fraction of sp³-hybridized carbons (Fsp3) is 0.500. The zero-order chi connectivity index (χ0) is 14.9. The predicted molar refractivity (Wildman–Crippen MR) is 76.9 cm³/mol. The Hall–Kier alpha value is -2.11. The summed E-state index contributed by atoms with van der Waals surface area (Å²) >= 11 is 0. The molecule has 0 bridgehead atoms. The first-order valence-electron chi connectivity index (χ1n) is 6.69. The number of rotatable bonds is 5. The number of benzene rings is 1. The van der Waals surface area contributed by atoms with E-state index in [0.717, 1.165) is 12.8 Å². The van der Waals surface area contributed by atoms with Gasteiger partial charge in [-0.15, -0.1) is 0 Å². The van der Waals surface area contributed by atoms with E-state index in [9.17, 15) is 14.9 Å². The smallest absolute Gasteiger partial charge is 0.270 e. The Morgan fingerprint density at radius 2 is 2.15 bits per heavy atom. The molecular weight excluding hydrogens is 258 g/mol. The molecule has 1 aromatic rings. The van der Waals surface area contributed by atoms with Crippen molar-refractivity contribution in [3.05, 3.63) is 33.9 Å². The van der Waals surface area contributed by atoms with Crippen molar-refractivity contribution in [1.82, 2.24) is 4.90 Å². The van der Waals surface area contributed by atoms with Gasteiger partial charge in [0.1, 0.15) is 0 Å². The standard InChI is InChI=1S/C14H19N3O3/c1-9(10-4-5-10)16(3)14(18)12-8-11(17(19)20)6-7-13(12)15-2/h6-10,15H,4-5H2,1-3H3. The summed E-state index contributed by atoms with van der Waals surface area (Å²) in [7, 11) is 3.45. The van der Waals surface area contributed by atoms with Crippen molar-refractivity contribution in [2.45, 2.75) is 25.8 Å². The summed E-state index contributed by atoms with van der Waals surface area (Å²) < 4.78 is 0. The lowest BCUT2D eigenvalue weighted by Gasteiger charge is -2.25. The Morgan fingerprint density at radius 1 is 1.50 bits per heavy atom. The Labute approximate surface area is 117 Å². The number of carbonyl (C=O) groups excluding carboxylic acids is 1. The molecule has 1 atom stereocenters. The van der Waals surface area contributed by atoms with Crippen molar-refractivity contribution in [1.29, 1.82) is 0 Å². The maximum Gasteiger partial charge on any atom is 0.270 e. The van der Waals surface area contributed by atoms with Crippen LogP contribution in [0.5, 0.6) is 0 Å². The second-order valence-corrected chi connectivity index (χ2v) is 5.23. The molecule has 1 saturated carbocycles. The molecule has 1 fully saturated rings. The first-order valence-corrected chi connectivity index (χ1v) is 6.69. The second kappa shape index (κ2) is 5.48. The number of amides is 1. The lowest BCUT2D eigenvalue weighted by atomic mass is 10.1. The molecule has 1 aliphatic rings. The Bertz CT molecular complexity index is 540. The topological polar surface area (TPSA) is 75.5 Å². The molecule has 1 N–H and O–H groups in total. The summed E-state index contributed by atoms with van der Waals surface area (Å²) in [5, 5.41) is 13.8. The van der Waals surface area contributed by atoms with Crippen LogP contribution in [0.2, 0.25) is 0 Å². The second-order valence-electron chi connectivity index (χ2n) is 5.23. The third kappa shape index (κ3) is 2.74. The summed E-state index contributed by atoms with van der Waals surface area (Å²) in [6.45, 7) is 2.02. The Balaban J connectivity index is 2.31. The number of non-ortho nitro benzene ring substituents is 1. The van der Waals surface area contributed by atoms with Gasteiger partial charge in [0.2, 0.25) is 0 Å². The van der Waals surface area contributed by atoms with Crippen LogP contribution < -0.4 is 5.32 Å². The molecule has 6 nitrogen and oxygen atoms in total. The normalized spacial score (nSPS) is 15.6. The fourth-order valence-corrected chi connectivity index (χ4v) is 2.31. The summed E-state index contributed by atoms with van der Waals surface area (Å²) in [5.74, 6) is 0.373. The third-order valence-electron chi connectivity index (χ3n) is 3.95. The van der Waals surface area contributed by atoms with E-state index in [2.05, 4.69) is 5.32 Å². The van der Waals surface area contributed by atoms with E-state index in [1.165, 1.54) is 12.1 Å². The monoisotopic (exact) mass is 277 g/mol. The van der Waals surface area contributed by atoms with E-state index in [1.54, 1.807) is 25.1 Å². The molecule has 1 unspecified atom stereocenters. The molecule has 0 radical (unpaired) electrons. The molecule has 1 amide bonds. The van der Waals surface area contributed by atoms with Crippen LogP contribution in [-0.4, -0.2) is 35.9 Å². The first-order chi connectivity index (χ1) is 9.45. The number of nitro benzene ring substituents is 1. The molecule has 0 spiro atoms. The highest BCUT2D eigenvalue weighted by Gasteiger charge is 2.33. The number of hydrogen-bond acceptors (Lipinski definition) is 4. The zero-order valence-corrected chi connectivity index (χ0v) is 11.9. The van der Waals surface area contributed by atoms with Crippen molar-refractivity contribution >= 4 is 17.3 Å². The van der Waals surface area contributed by atoms with Gasteiger partial charge in [-0.1, -0.05) is 0 Å². The van der Waals surface area contributed by atoms with Gasteiger partial charge in [0.15, 0.2) is 0 Å². The van der Waals surface area contributed by atoms with Crippen LogP contribution in [0.25, 0.3) is 0 Å². The van der Waals surface area contributed by atoms with Gasteiger partial charge in [-0.2, -0.15) is 0 Å². The average molecular weight is 277 g/mol. The highest BCUT2D eigenvalue weighted by atomic mass is 16.6. The Morgan fingerprint density at radius 3 is 2.65 bits per heavy atom. The quantitative estimate of drug-likeness (QED) is 0.662. The molecule has 0 aromatic heterocycles. The summed E-state index contributed by atoms with van der Waals surface area (Å²) in [4.78, 5) is 24.6. The highest BCUT2D eigenvalue weighted by Crippen LogP contribution is 2.35. The molecule has 20 heavy (non-hydrogen) atoms. The number of nitrogens with zero attached hydrogens (tertiary/aromatic N) is 2. The van der Waals surface area contributed by atoms with Crippen molar-refractivity contribution in [2.24, 2.45) is 5.92 Å². The predicted octanol–water partition coefficient (Wildman–Crippen LogP) is 2.51. The van der Waals surface area contributed by atoms with Crippen molar-refractivity contribution in [2.75, 3.05) is 19.4 Å². The number of carbonyl (C=O) groups is 1. The van der Waals surface area contributed by atoms with E-state index < -0.39 is 4.92 Å². The van der Waals surface area contributed by atoms with Gasteiger partial charge in [0, 0.05) is 38.0 Å². The molecule has 0 heterocycles. The number of hydrogen-bond donors (Lipinski definition) is 1. The van der Waals surface area contributed by atoms with Crippen molar-refractivity contribution < 1.29 is 9.72 Å². The molecule has 108 valence electrons. The van der Waals surface area contributed by atoms with Gasteiger partial charge in [-0.25, -0.2) is 0 Å². The van der Waals surface area contributed by atoms with Crippen LogP contribution in [0, 0.1) is 16.0 Å². The fourth-order valence-electron chi connectivity index (χ4n) is 2.31. The van der Waals surface area contributed by atoms with Gasteiger partial charge in [-0.3, -0.25) is 14.9 Å². The van der Waals surface area contributed by atoms with Crippen LogP contribution in [0.1, 0.15) is 30.1 Å². The van der Waals surface area contributed by atoms with Gasteiger partial charge < -0.3 is 10.2 Å². The summed E-state index contributed by atoms with van der Waals surface area (Å²) in [5.41, 5.74) is 0.881. The molecule has 6 heteroatoms. The first kappa shape index (κ1) is 14.3. The minimum Gasteiger partial charge on any atom is -0.387 e. The largest absolute Gasteiger partial charge is 0.387 e. The summed E-state index contributed by atoms with van der Waals surface area (Å²) in [6.07, 6.45) is 2.29. The molecular formula is C14H19N3O3. The molecule has 0 aliphatic heterocycles. The van der Waals surface area contributed by atoms with Crippen LogP contribution in [-0.2, 0) is 0 Å². The van der Waals surface area contributed by atoms with E-state index in [-0.39, 0.29) is 17.6 Å². The van der Waals surface area contributed by atoms with E-state index >= 15 is 0 Å². The van der Waals surface area contributed by atoms with Crippen molar-refractivity contribution in [3.8, 4) is 0 Å². The van der Waals surface area contributed by atoms with Gasteiger partial charge in [0.25, 0.3) is 11.6 Å². The lowest BCUT2D eigenvalue weighted by Crippen LogP contribution is -2.36. The van der Waals surface area contributed by atoms with Gasteiger partial charge >= 0.3 is 0 Å². The number of nitro groups is 1. The van der Waals surface area contributed by atoms with Gasteiger partial charge in [0.05, 0.1) is 10.5 Å². The minimum absolute atomic E-state index is 0.0696. The molecule has 1 aliphatic carbocycles. The number of anilines is 1. The maximum absolute atomic E-state index is 12.5. The SMILES string of the molecule is CNc1ccc([N+](=O)[O-])cc1C(=O)N(C)C(C)C1CC1. The van der Waals surface area contributed by atoms with E-state index in [0.29, 0.717) is 17.2 Å².